The van der Waals surface area contributed by atoms with E-state index in [4.69, 9.17) is 0 Å². The maximum Gasteiger partial charge on any atom is 0.308 e. The molecule has 0 aliphatic carbocycles. The summed E-state index contributed by atoms with van der Waals surface area (Å²) >= 11 is 0. The average molecular weight is 389 g/mol. The van der Waals surface area contributed by atoms with Crippen LogP contribution in [0.25, 0.3) is 0 Å². The van der Waals surface area contributed by atoms with Gasteiger partial charge in [0.15, 0.2) is 9.84 Å². The number of benzene rings is 2. The molecule has 0 bridgehead atoms. The van der Waals surface area contributed by atoms with Crippen LogP contribution in [0.3, 0.4) is 0 Å². The molecular formula is C20H23NO5S. The van der Waals surface area contributed by atoms with E-state index < -0.39 is 27.6 Å². The number of amides is 1. The Balaban J connectivity index is 2.14. The van der Waals surface area contributed by atoms with Crippen molar-refractivity contribution < 1.29 is 23.1 Å². The fourth-order valence-electron chi connectivity index (χ4n) is 2.76. The highest BCUT2D eigenvalue weighted by Crippen LogP contribution is 2.17. The zero-order valence-corrected chi connectivity index (χ0v) is 16.1. The third-order valence-corrected chi connectivity index (χ3v) is 6.06. The lowest BCUT2D eigenvalue weighted by atomic mass is 9.98. The molecule has 0 saturated carbocycles. The Morgan fingerprint density at radius 1 is 1.11 bits per heavy atom. The van der Waals surface area contributed by atoms with Crippen LogP contribution in [0.5, 0.6) is 0 Å². The van der Waals surface area contributed by atoms with E-state index in [0.29, 0.717) is 0 Å². The lowest BCUT2D eigenvalue weighted by Crippen LogP contribution is -2.34. The molecule has 1 unspecified atom stereocenters. The van der Waals surface area contributed by atoms with E-state index in [1.54, 1.807) is 12.1 Å². The van der Waals surface area contributed by atoms with Crippen molar-refractivity contribution in [2.45, 2.75) is 25.2 Å². The minimum absolute atomic E-state index is 0.0269. The molecule has 0 aliphatic rings. The first-order chi connectivity index (χ1) is 12.7. The summed E-state index contributed by atoms with van der Waals surface area (Å²) in [5.41, 5.74) is 1.92. The fraction of sp³-hybridized carbons (Fsp3) is 0.300. The van der Waals surface area contributed by atoms with Gasteiger partial charge in [-0.25, -0.2) is 8.42 Å². The van der Waals surface area contributed by atoms with Crippen molar-refractivity contribution in [2.75, 3.05) is 12.3 Å². The Bertz CT molecular complexity index is 937. The van der Waals surface area contributed by atoms with Crippen molar-refractivity contribution in [1.29, 1.82) is 0 Å². The number of carboxylic acid groups (broad SMARTS) is 1. The highest BCUT2D eigenvalue weighted by Gasteiger charge is 2.23. The minimum Gasteiger partial charge on any atom is -0.481 e. The van der Waals surface area contributed by atoms with Gasteiger partial charge in [-0.3, -0.25) is 9.59 Å². The molecule has 1 atom stereocenters. The topological polar surface area (TPSA) is 101 Å². The zero-order valence-electron chi connectivity index (χ0n) is 15.3. The van der Waals surface area contributed by atoms with Gasteiger partial charge < -0.3 is 10.4 Å². The van der Waals surface area contributed by atoms with E-state index in [0.717, 1.165) is 11.1 Å². The molecule has 2 aromatic rings. The molecule has 0 fully saturated rings. The molecular weight excluding hydrogens is 366 g/mol. The molecule has 0 aliphatic heterocycles. The minimum atomic E-state index is -3.56. The van der Waals surface area contributed by atoms with Crippen LogP contribution in [0.2, 0.25) is 0 Å². The molecule has 144 valence electrons. The molecule has 0 heterocycles. The SMILES string of the molecule is CCS(=O)(=O)c1ccccc1C(=O)NCC(Cc1cccc(C)c1)C(=O)O. The third kappa shape index (κ3) is 5.40. The normalized spacial score (nSPS) is 12.4. The highest BCUT2D eigenvalue weighted by atomic mass is 32.2. The van der Waals surface area contributed by atoms with Gasteiger partial charge in [0, 0.05) is 6.54 Å². The number of hydrogen-bond donors (Lipinski definition) is 2. The summed E-state index contributed by atoms with van der Waals surface area (Å²) in [6.07, 6.45) is 0.270. The van der Waals surface area contributed by atoms with Crippen LogP contribution < -0.4 is 5.32 Å². The van der Waals surface area contributed by atoms with Crippen LogP contribution in [-0.4, -0.2) is 37.7 Å². The number of hydrogen-bond acceptors (Lipinski definition) is 4. The average Bonchev–Trinajstić information content (AvgIpc) is 2.64. The Kier molecular flexibility index (Phi) is 6.74. The largest absolute Gasteiger partial charge is 0.481 e. The summed E-state index contributed by atoms with van der Waals surface area (Å²) in [6.45, 7) is 3.33. The van der Waals surface area contributed by atoms with Crippen LogP contribution in [0, 0.1) is 12.8 Å². The maximum atomic E-state index is 12.5. The van der Waals surface area contributed by atoms with Crippen LogP contribution in [0.15, 0.2) is 53.4 Å². The molecule has 2 aromatic carbocycles. The van der Waals surface area contributed by atoms with Crippen molar-refractivity contribution >= 4 is 21.7 Å². The summed E-state index contributed by atoms with van der Waals surface area (Å²) in [7, 11) is -3.56. The van der Waals surface area contributed by atoms with Crippen LogP contribution >= 0.6 is 0 Å². The van der Waals surface area contributed by atoms with Gasteiger partial charge in [-0.15, -0.1) is 0 Å². The number of aryl methyl sites for hydroxylation is 1. The van der Waals surface area contributed by atoms with Gasteiger partial charge in [0.05, 0.1) is 22.1 Å². The molecule has 27 heavy (non-hydrogen) atoms. The molecule has 0 spiro atoms. The van der Waals surface area contributed by atoms with Crippen LogP contribution in [0.4, 0.5) is 0 Å². The fourth-order valence-corrected chi connectivity index (χ4v) is 3.86. The van der Waals surface area contributed by atoms with Gasteiger partial charge in [0.1, 0.15) is 0 Å². The summed E-state index contributed by atoms with van der Waals surface area (Å²) in [4.78, 5) is 24.0. The molecule has 7 heteroatoms. The quantitative estimate of drug-likeness (QED) is 0.722. The first-order valence-electron chi connectivity index (χ1n) is 8.63. The van der Waals surface area contributed by atoms with E-state index in [1.165, 1.54) is 19.1 Å². The summed E-state index contributed by atoms with van der Waals surface area (Å²) in [5.74, 6) is -2.56. The van der Waals surface area contributed by atoms with E-state index in [-0.39, 0.29) is 29.2 Å². The van der Waals surface area contributed by atoms with Crippen molar-refractivity contribution in [1.82, 2.24) is 5.32 Å². The van der Waals surface area contributed by atoms with E-state index in [9.17, 15) is 23.1 Å². The Morgan fingerprint density at radius 3 is 2.44 bits per heavy atom. The summed E-state index contributed by atoms with van der Waals surface area (Å²) < 4.78 is 24.3. The lowest BCUT2D eigenvalue weighted by Gasteiger charge is -2.15. The van der Waals surface area contributed by atoms with Crippen molar-refractivity contribution in [3.05, 3.63) is 65.2 Å². The second-order valence-electron chi connectivity index (χ2n) is 6.34. The monoisotopic (exact) mass is 389 g/mol. The van der Waals surface area contributed by atoms with Crippen molar-refractivity contribution in [3.8, 4) is 0 Å². The maximum absolute atomic E-state index is 12.5. The predicted molar refractivity (Wildman–Crippen MR) is 103 cm³/mol. The standard InChI is InChI=1S/C20H23NO5S/c1-3-27(25,26)18-10-5-4-9-17(18)19(22)21-13-16(20(23)24)12-15-8-6-7-14(2)11-15/h4-11,16H,3,12-13H2,1-2H3,(H,21,22)(H,23,24). The van der Waals surface area contributed by atoms with Gasteiger partial charge in [0.25, 0.3) is 5.91 Å². The summed E-state index contributed by atoms with van der Waals surface area (Å²) in [6, 6.07) is 13.5. The van der Waals surface area contributed by atoms with Crippen molar-refractivity contribution in [2.24, 2.45) is 5.92 Å². The lowest BCUT2D eigenvalue weighted by molar-refractivity contribution is -0.141. The zero-order chi connectivity index (χ0) is 20.0. The van der Waals surface area contributed by atoms with Gasteiger partial charge in [-0.2, -0.15) is 0 Å². The number of carbonyl (C=O) groups is 2. The number of rotatable bonds is 8. The Labute approximate surface area is 159 Å². The van der Waals surface area contributed by atoms with Crippen LogP contribution in [-0.2, 0) is 21.1 Å². The molecule has 0 radical (unpaired) electrons. The second kappa shape index (κ2) is 8.81. The molecule has 0 saturated heterocycles. The van der Waals surface area contributed by atoms with Gasteiger partial charge in [-0.05, 0) is 31.0 Å². The molecule has 1 amide bonds. The number of sulfone groups is 1. The molecule has 0 aromatic heterocycles. The summed E-state index contributed by atoms with van der Waals surface area (Å²) in [5, 5.41) is 12.0. The predicted octanol–water partition coefficient (Wildman–Crippen LogP) is 2.46. The smallest absolute Gasteiger partial charge is 0.308 e. The number of aliphatic carboxylic acids is 1. The molecule has 2 N–H and O–H groups in total. The third-order valence-electron chi connectivity index (χ3n) is 4.27. The second-order valence-corrected chi connectivity index (χ2v) is 8.58. The van der Waals surface area contributed by atoms with E-state index in [1.807, 2.05) is 31.2 Å². The molecule has 6 nitrogen and oxygen atoms in total. The van der Waals surface area contributed by atoms with Crippen LogP contribution in [0.1, 0.15) is 28.4 Å². The van der Waals surface area contributed by atoms with Gasteiger partial charge in [0.2, 0.25) is 0 Å². The van der Waals surface area contributed by atoms with Gasteiger partial charge in [-0.1, -0.05) is 48.9 Å². The molecule has 2 rings (SSSR count). The Morgan fingerprint density at radius 2 is 1.81 bits per heavy atom. The van der Waals surface area contributed by atoms with Crippen molar-refractivity contribution in [3.63, 3.8) is 0 Å². The van der Waals surface area contributed by atoms with E-state index in [2.05, 4.69) is 5.32 Å². The first kappa shape index (κ1) is 20.6. The van der Waals surface area contributed by atoms with Gasteiger partial charge >= 0.3 is 5.97 Å². The Hall–Kier alpha value is -2.67. The van der Waals surface area contributed by atoms with E-state index >= 15 is 0 Å². The highest BCUT2D eigenvalue weighted by molar-refractivity contribution is 7.91. The first-order valence-corrected chi connectivity index (χ1v) is 10.3. The number of nitrogens with one attached hydrogen (secondary N) is 1. The number of carboxylic acids is 1. The number of carbonyl (C=O) groups excluding carboxylic acids is 1.